The van der Waals surface area contributed by atoms with Crippen LogP contribution in [0, 0.1) is 12.3 Å². The van der Waals surface area contributed by atoms with E-state index in [1.165, 1.54) is 0 Å². The fourth-order valence-electron chi connectivity index (χ4n) is 2.62. The Morgan fingerprint density at radius 2 is 2.11 bits per heavy atom. The lowest BCUT2D eigenvalue weighted by molar-refractivity contribution is 0.0880. The first kappa shape index (κ1) is 14.4. The first-order valence-corrected chi connectivity index (χ1v) is 7.09. The third-order valence-electron chi connectivity index (χ3n) is 4.06. The van der Waals surface area contributed by atoms with Crippen molar-refractivity contribution < 1.29 is 9.90 Å². The Morgan fingerprint density at radius 3 is 2.68 bits per heavy atom. The lowest BCUT2D eigenvalue weighted by atomic mass is 9.87. The molecule has 0 heterocycles. The summed E-state index contributed by atoms with van der Waals surface area (Å²) in [5.41, 5.74) is 1.41. The van der Waals surface area contributed by atoms with Crippen LogP contribution in [0.4, 0.5) is 0 Å². The van der Waals surface area contributed by atoms with Gasteiger partial charge < -0.3 is 10.4 Å². The van der Waals surface area contributed by atoms with Gasteiger partial charge >= 0.3 is 0 Å². The van der Waals surface area contributed by atoms with E-state index in [1.54, 1.807) is 12.1 Å². The molecule has 0 saturated heterocycles. The number of aryl methyl sites for hydroxylation is 1. The lowest BCUT2D eigenvalue weighted by Gasteiger charge is -2.26. The zero-order valence-corrected chi connectivity index (χ0v) is 12.0. The molecule has 0 atom stereocenters. The highest BCUT2D eigenvalue weighted by Gasteiger charge is 2.33. The van der Waals surface area contributed by atoms with Gasteiger partial charge in [0, 0.05) is 22.5 Å². The molecular formula is C15H20ClNO2. The van der Waals surface area contributed by atoms with E-state index >= 15 is 0 Å². The van der Waals surface area contributed by atoms with Crippen molar-refractivity contribution >= 4 is 17.5 Å². The molecule has 1 aliphatic rings. The van der Waals surface area contributed by atoms with Gasteiger partial charge in [-0.05, 0) is 37.5 Å². The van der Waals surface area contributed by atoms with E-state index in [-0.39, 0.29) is 17.9 Å². The van der Waals surface area contributed by atoms with Crippen LogP contribution in [-0.2, 0) is 0 Å². The molecule has 0 spiro atoms. The highest BCUT2D eigenvalue weighted by Crippen LogP contribution is 2.36. The van der Waals surface area contributed by atoms with Crippen molar-refractivity contribution in [3.8, 4) is 0 Å². The molecule has 0 radical (unpaired) electrons. The van der Waals surface area contributed by atoms with Gasteiger partial charge in [0.25, 0.3) is 5.91 Å². The molecule has 4 heteroatoms. The second kappa shape index (κ2) is 5.93. The van der Waals surface area contributed by atoms with Crippen LogP contribution in [0.1, 0.15) is 41.6 Å². The minimum Gasteiger partial charge on any atom is -0.396 e. The van der Waals surface area contributed by atoms with Gasteiger partial charge in [0.1, 0.15) is 0 Å². The van der Waals surface area contributed by atoms with Gasteiger partial charge in [-0.3, -0.25) is 4.79 Å². The summed E-state index contributed by atoms with van der Waals surface area (Å²) in [5.74, 6) is -0.123. The van der Waals surface area contributed by atoms with Gasteiger partial charge in [-0.25, -0.2) is 0 Å². The molecule has 1 amide bonds. The van der Waals surface area contributed by atoms with Crippen molar-refractivity contribution in [1.82, 2.24) is 5.32 Å². The first-order valence-electron chi connectivity index (χ1n) is 6.72. The van der Waals surface area contributed by atoms with E-state index in [1.807, 2.05) is 13.0 Å². The minimum absolute atomic E-state index is 0.121. The number of benzene rings is 1. The van der Waals surface area contributed by atoms with Crippen LogP contribution in [0.25, 0.3) is 0 Å². The van der Waals surface area contributed by atoms with Crippen molar-refractivity contribution in [3.05, 3.63) is 34.3 Å². The summed E-state index contributed by atoms with van der Waals surface area (Å²) in [6.45, 7) is 2.58. The molecule has 0 unspecified atom stereocenters. The maximum Gasteiger partial charge on any atom is 0.251 e. The number of aliphatic hydroxyl groups excluding tert-OH is 1. The van der Waals surface area contributed by atoms with Crippen molar-refractivity contribution in [3.63, 3.8) is 0 Å². The maximum atomic E-state index is 12.1. The van der Waals surface area contributed by atoms with Crippen LogP contribution in [0.15, 0.2) is 18.2 Å². The zero-order chi connectivity index (χ0) is 13.9. The van der Waals surface area contributed by atoms with Crippen LogP contribution < -0.4 is 5.32 Å². The number of hydrogen-bond acceptors (Lipinski definition) is 2. The molecule has 1 saturated carbocycles. The topological polar surface area (TPSA) is 49.3 Å². The number of amides is 1. The Labute approximate surface area is 119 Å². The zero-order valence-electron chi connectivity index (χ0n) is 11.2. The van der Waals surface area contributed by atoms with E-state index in [2.05, 4.69) is 5.32 Å². The summed E-state index contributed by atoms with van der Waals surface area (Å²) in [6, 6.07) is 5.30. The molecule has 19 heavy (non-hydrogen) atoms. The highest BCUT2D eigenvalue weighted by molar-refractivity contribution is 6.31. The molecule has 2 N–H and O–H groups in total. The number of carbonyl (C=O) groups excluding carboxylic acids is 1. The summed E-state index contributed by atoms with van der Waals surface area (Å²) >= 11 is 6.02. The van der Waals surface area contributed by atoms with E-state index in [0.717, 1.165) is 31.2 Å². The van der Waals surface area contributed by atoms with E-state index in [4.69, 9.17) is 11.6 Å². The molecule has 1 aliphatic carbocycles. The Bertz CT molecular complexity index is 467. The summed E-state index contributed by atoms with van der Waals surface area (Å²) in [5, 5.41) is 13.0. The Kier molecular flexibility index (Phi) is 4.48. The van der Waals surface area contributed by atoms with Gasteiger partial charge in [-0.1, -0.05) is 30.5 Å². The largest absolute Gasteiger partial charge is 0.396 e. The van der Waals surface area contributed by atoms with Crippen LogP contribution in [0.3, 0.4) is 0 Å². The number of halogens is 1. The monoisotopic (exact) mass is 281 g/mol. The average Bonchev–Trinajstić information content (AvgIpc) is 2.89. The number of hydrogen-bond donors (Lipinski definition) is 2. The Morgan fingerprint density at radius 1 is 1.42 bits per heavy atom. The van der Waals surface area contributed by atoms with Crippen LogP contribution in [-0.4, -0.2) is 24.2 Å². The Hall–Kier alpha value is -1.06. The van der Waals surface area contributed by atoms with Gasteiger partial charge in [0.15, 0.2) is 0 Å². The van der Waals surface area contributed by atoms with Crippen molar-refractivity contribution in [2.24, 2.45) is 5.41 Å². The average molecular weight is 282 g/mol. The van der Waals surface area contributed by atoms with Crippen molar-refractivity contribution in [2.45, 2.75) is 32.6 Å². The van der Waals surface area contributed by atoms with Gasteiger partial charge in [0.05, 0.1) is 6.61 Å². The molecular weight excluding hydrogens is 262 g/mol. The van der Waals surface area contributed by atoms with Gasteiger partial charge in [-0.2, -0.15) is 0 Å². The van der Waals surface area contributed by atoms with Crippen molar-refractivity contribution in [2.75, 3.05) is 13.2 Å². The second-order valence-corrected chi connectivity index (χ2v) is 5.92. The summed E-state index contributed by atoms with van der Waals surface area (Å²) in [6.07, 6.45) is 4.23. The summed E-state index contributed by atoms with van der Waals surface area (Å²) in [7, 11) is 0. The predicted molar refractivity (Wildman–Crippen MR) is 76.5 cm³/mol. The quantitative estimate of drug-likeness (QED) is 0.891. The Balaban J connectivity index is 1.99. The second-order valence-electron chi connectivity index (χ2n) is 5.51. The van der Waals surface area contributed by atoms with Crippen LogP contribution in [0.2, 0.25) is 5.02 Å². The third-order valence-corrected chi connectivity index (χ3v) is 4.46. The fourth-order valence-corrected chi connectivity index (χ4v) is 2.80. The standard InChI is InChI=1S/C15H20ClNO2/c1-11-4-5-12(8-13(11)16)14(19)17-9-15(10-18)6-2-3-7-15/h4-5,8,18H,2-3,6-7,9-10H2,1H3,(H,17,19). The van der Waals surface area contributed by atoms with E-state index < -0.39 is 0 Å². The molecule has 3 nitrogen and oxygen atoms in total. The van der Waals surface area contributed by atoms with Gasteiger partial charge in [-0.15, -0.1) is 0 Å². The molecule has 104 valence electrons. The molecule has 1 aromatic rings. The highest BCUT2D eigenvalue weighted by atomic mass is 35.5. The fraction of sp³-hybridized carbons (Fsp3) is 0.533. The summed E-state index contributed by atoms with van der Waals surface area (Å²) in [4.78, 5) is 12.1. The number of aliphatic hydroxyl groups is 1. The molecule has 1 aromatic carbocycles. The molecule has 0 aliphatic heterocycles. The SMILES string of the molecule is Cc1ccc(C(=O)NCC2(CO)CCCC2)cc1Cl. The lowest BCUT2D eigenvalue weighted by Crippen LogP contribution is -2.38. The first-order chi connectivity index (χ1) is 9.06. The predicted octanol–water partition coefficient (Wildman–Crippen LogP) is 2.93. The van der Waals surface area contributed by atoms with E-state index in [9.17, 15) is 9.90 Å². The molecule has 2 rings (SSSR count). The number of rotatable bonds is 4. The smallest absolute Gasteiger partial charge is 0.251 e. The molecule has 0 bridgehead atoms. The maximum absolute atomic E-state index is 12.1. The van der Waals surface area contributed by atoms with Gasteiger partial charge in [0.2, 0.25) is 0 Å². The van der Waals surface area contributed by atoms with E-state index in [0.29, 0.717) is 17.1 Å². The third kappa shape index (κ3) is 3.28. The van der Waals surface area contributed by atoms with Crippen LogP contribution >= 0.6 is 11.6 Å². The van der Waals surface area contributed by atoms with Crippen molar-refractivity contribution in [1.29, 1.82) is 0 Å². The normalized spacial score (nSPS) is 17.4. The molecule has 1 fully saturated rings. The summed E-state index contributed by atoms with van der Waals surface area (Å²) < 4.78 is 0. The number of carbonyl (C=O) groups is 1. The van der Waals surface area contributed by atoms with Crippen LogP contribution in [0.5, 0.6) is 0 Å². The minimum atomic E-state index is -0.123. The molecule has 0 aromatic heterocycles. The number of nitrogens with one attached hydrogen (secondary N) is 1.